The van der Waals surface area contributed by atoms with Crippen LogP contribution in [0.1, 0.15) is 11.7 Å². The third kappa shape index (κ3) is 4.21. The third-order valence-corrected chi connectivity index (χ3v) is 3.21. The molecule has 1 heterocycles. The quantitative estimate of drug-likeness (QED) is 0.716. The molecule has 0 amide bonds. The molecule has 1 atom stereocenters. The van der Waals surface area contributed by atoms with Crippen LogP contribution in [-0.2, 0) is 6.54 Å². The molecule has 0 bridgehead atoms. The third-order valence-electron chi connectivity index (χ3n) is 3.21. The molecule has 1 aromatic heterocycles. The number of aromatic nitrogens is 2. The minimum Gasteiger partial charge on any atom is -0.497 e. The van der Waals surface area contributed by atoms with Crippen LogP contribution in [0.3, 0.4) is 0 Å². The summed E-state index contributed by atoms with van der Waals surface area (Å²) in [5.74, 6) is 1.35. The Labute approximate surface area is 124 Å². The van der Waals surface area contributed by atoms with Crippen molar-refractivity contribution in [1.82, 2.24) is 15.1 Å². The zero-order chi connectivity index (χ0) is 15.1. The second-order valence-corrected chi connectivity index (χ2v) is 4.60. The fourth-order valence-electron chi connectivity index (χ4n) is 2.07. The molecular formula is C15H21N3O3. The van der Waals surface area contributed by atoms with Gasteiger partial charge in [0.05, 0.1) is 26.9 Å². The van der Waals surface area contributed by atoms with E-state index in [0.29, 0.717) is 23.6 Å². The highest BCUT2D eigenvalue weighted by molar-refractivity contribution is 5.41. The minimum atomic E-state index is -0.660. The average molecular weight is 291 g/mol. The van der Waals surface area contributed by atoms with Gasteiger partial charge in [-0.05, 0) is 24.3 Å². The lowest BCUT2D eigenvalue weighted by Crippen LogP contribution is -2.25. The fourth-order valence-corrected chi connectivity index (χ4v) is 2.07. The molecule has 21 heavy (non-hydrogen) atoms. The first-order valence-corrected chi connectivity index (χ1v) is 6.82. The van der Waals surface area contributed by atoms with Gasteiger partial charge in [0, 0.05) is 31.0 Å². The lowest BCUT2D eigenvalue weighted by molar-refractivity contribution is 0.169. The van der Waals surface area contributed by atoms with E-state index >= 15 is 0 Å². The number of nitrogens with zero attached hydrogens (tertiary/aromatic N) is 2. The molecule has 6 nitrogen and oxygen atoms in total. The molecule has 2 N–H and O–H groups in total. The van der Waals surface area contributed by atoms with Crippen molar-refractivity contribution in [3.8, 4) is 11.5 Å². The summed E-state index contributed by atoms with van der Waals surface area (Å²) in [5, 5.41) is 17.6. The summed E-state index contributed by atoms with van der Waals surface area (Å²) < 4.78 is 12.3. The van der Waals surface area contributed by atoms with Gasteiger partial charge in [0.25, 0.3) is 0 Å². The van der Waals surface area contributed by atoms with Crippen LogP contribution in [0.5, 0.6) is 11.5 Å². The van der Waals surface area contributed by atoms with Crippen molar-refractivity contribution < 1.29 is 14.6 Å². The molecular weight excluding hydrogens is 270 g/mol. The number of aliphatic hydroxyl groups excluding tert-OH is 1. The second kappa shape index (κ2) is 7.66. The maximum absolute atomic E-state index is 10.3. The van der Waals surface area contributed by atoms with Gasteiger partial charge >= 0.3 is 0 Å². The molecule has 0 aliphatic rings. The van der Waals surface area contributed by atoms with E-state index in [1.54, 1.807) is 38.6 Å². The van der Waals surface area contributed by atoms with E-state index in [-0.39, 0.29) is 0 Å². The summed E-state index contributed by atoms with van der Waals surface area (Å²) in [4.78, 5) is 0. The number of ether oxygens (including phenoxy) is 2. The molecule has 0 aliphatic carbocycles. The van der Waals surface area contributed by atoms with Crippen molar-refractivity contribution in [3.05, 3.63) is 42.2 Å². The second-order valence-electron chi connectivity index (χ2n) is 4.60. The van der Waals surface area contributed by atoms with Crippen LogP contribution in [0, 0.1) is 0 Å². The number of hydrogen-bond donors (Lipinski definition) is 2. The Bertz CT molecular complexity index is 543. The topological polar surface area (TPSA) is 68.5 Å². The van der Waals surface area contributed by atoms with Crippen LogP contribution in [0.15, 0.2) is 36.7 Å². The van der Waals surface area contributed by atoms with E-state index in [0.717, 1.165) is 13.1 Å². The fraction of sp³-hybridized carbons (Fsp3) is 0.400. The predicted molar refractivity (Wildman–Crippen MR) is 79.6 cm³/mol. The molecule has 0 spiro atoms. The molecule has 0 fully saturated rings. The smallest absolute Gasteiger partial charge is 0.124 e. The zero-order valence-corrected chi connectivity index (χ0v) is 12.3. The first-order chi connectivity index (χ1) is 10.2. The number of benzene rings is 1. The monoisotopic (exact) mass is 291 g/mol. The van der Waals surface area contributed by atoms with E-state index in [1.807, 2.05) is 16.9 Å². The molecule has 0 radical (unpaired) electrons. The number of methoxy groups -OCH3 is 2. The average Bonchev–Trinajstić information content (AvgIpc) is 3.04. The highest BCUT2D eigenvalue weighted by Gasteiger charge is 2.14. The number of aliphatic hydroxyl groups is 1. The first-order valence-electron chi connectivity index (χ1n) is 6.82. The Morgan fingerprint density at radius 2 is 2.19 bits per heavy atom. The molecule has 0 unspecified atom stereocenters. The van der Waals surface area contributed by atoms with Crippen LogP contribution >= 0.6 is 0 Å². The summed E-state index contributed by atoms with van der Waals surface area (Å²) in [6.07, 6.45) is 2.99. The summed E-state index contributed by atoms with van der Waals surface area (Å²) in [6.45, 7) is 1.92. The number of hydrogen-bond acceptors (Lipinski definition) is 5. The van der Waals surface area contributed by atoms with Gasteiger partial charge in [-0.2, -0.15) is 5.10 Å². The maximum Gasteiger partial charge on any atom is 0.124 e. The van der Waals surface area contributed by atoms with Crippen molar-refractivity contribution in [2.75, 3.05) is 27.3 Å². The lowest BCUT2D eigenvalue weighted by atomic mass is 10.1. The first kappa shape index (κ1) is 15.3. The normalized spacial score (nSPS) is 12.1. The van der Waals surface area contributed by atoms with E-state index in [2.05, 4.69) is 10.4 Å². The summed E-state index contributed by atoms with van der Waals surface area (Å²) >= 11 is 0. The van der Waals surface area contributed by atoms with Gasteiger partial charge in [0.15, 0.2) is 0 Å². The summed E-state index contributed by atoms with van der Waals surface area (Å²) in [7, 11) is 3.18. The molecule has 6 heteroatoms. The van der Waals surface area contributed by atoms with Crippen molar-refractivity contribution in [2.24, 2.45) is 0 Å². The van der Waals surface area contributed by atoms with Crippen molar-refractivity contribution in [2.45, 2.75) is 12.6 Å². The largest absolute Gasteiger partial charge is 0.497 e. The van der Waals surface area contributed by atoms with Crippen LogP contribution in [-0.4, -0.2) is 42.2 Å². The molecule has 2 aromatic rings. The number of rotatable bonds is 8. The van der Waals surface area contributed by atoms with Crippen molar-refractivity contribution >= 4 is 0 Å². The van der Waals surface area contributed by atoms with Crippen molar-refractivity contribution in [1.29, 1.82) is 0 Å². The van der Waals surface area contributed by atoms with Gasteiger partial charge in [-0.1, -0.05) is 0 Å². The van der Waals surface area contributed by atoms with Gasteiger partial charge in [-0.25, -0.2) is 0 Å². The highest BCUT2D eigenvalue weighted by atomic mass is 16.5. The van der Waals surface area contributed by atoms with Gasteiger partial charge in [0.1, 0.15) is 11.5 Å². The maximum atomic E-state index is 10.3. The molecule has 2 rings (SSSR count). The SMILES string of the molecule is COc1ccc(OC)c([C@@H](O)CNCCn2cccn2)c1. The van der Waals surface area contributed by atoms with Crippen LogP contribution < -0.4 is 14.8 Å². The predicted octanol–water partition coefficient (Wildman–Crippen LogP) is 1.22. The van der Waals surface area contributed by atoms with Crippen LogP contribution in [0.2, 0.25) is 0 Å². The summed E-state index contributed by atoms with van der Waals surface area (Å²) in [5.41, 5.74) is 0.712. The highest BCUT2D eigenvalue weighted by Crippen LogP contribution is 2.28. The number of nitrogens with one attached hydrogen (secondary N) is 1. The Morgan fingerprint density at radius 3 is 2.86 bits per heavy atom. The zero-order valence-electron chi connectivity index (χ0n) is 12.3. The van der Waals surface area contributed by atoms with Gasteiger partial charge in [-0.15, -0.1) is 0 Å². The Balaban J connectivity index is 1.88. The molecule has 1 aromatic carbocycles. The lowest BCUT2D eigenvalue weighted by Gasteiger charge is -2.16. The molecule has 0 saturated carbocycles. The van der Waals surface area contributed by atoms with E-state index in [1.165, 1.54) is 0 Å². The Kier molecular flexibility index (Phi) is 5.59. The van der Waals surface area contributed by atoms with Crippen LogP contribution in [0.25, 0.3) is 0 Å². The molecule has 0 saturated heterocycles. The van der Waals surface area contributed by atoms with Crippen LogP contribution in [0.4, 0.5) is 0 Å². The minimum absolute atomic E-state index is 0.435. The Hall–Kier alpha value is -2.05. The summed E-state index contributed by atoms with van der Waals surface area (Å²) in [6, 6.07) is 7.27. The van der Waals surface area contributed by atoms with Gasteiger partial charge in [-0.3, -0.25) is 4.68 Å². The standard InChI is InChI=1S/C15H21N3O3/c1-20-12-4-5-15(21-2)13(10-12)14(19)11-16-7-9-18-8-3-6-17-18/h3-6,8,10,14,16,19H,7,9,11H2,1-2H3/t14-/m0/s1. The van der Waals surface area contributed by atoms with Gasteiger partial charge in [0.2, 0.25) is 0 Å². The Morgan fingerprint density at radius 1 is 1.33 bits per heavy atom. The van der Waals surface area contributed by atoms with E-state index < -0.39 is 6.10 Å². The van der Waals surface area contributed by atoms with Gasteiger partial charge < -0.3 is 19.9 Å². The van der Waals surface area contributed by atoms with E-state index in [9.17, 15) is 5.11 Å². The van der Waals surface area contributed by atoms with E-state index in [4.69, 9.17) is 9.47 Å². The molecule has 0 aliphatic heterocycles. The van der Waals surface area contributed by atoms with Crippen molar-refractivity contribution in [3.63, 3.8) is 0 Å². The molecule has 114 valence electrons.